The summed E-state index contributed by atoms with van der Waals surface area (Å²) in [4.78, 5) is 3.31. The number of hydrogen-bond acceptors (Lipinski definition) is 1. The van der Waals surface area contributed by atoms with Crippen molar-refractivity contribution >= 4 is 0 Å². The molecular formula is C10H8F3N. The summed E-state index contributed by atoms with van der Waals surface area (Å²) in [6.45, 7) is 0. The van der Waals surface area contributed by atoms with Gasteiger partial charge in [-0.25, -0.2) is 0 Å². The molecule has 0 aromatic carbocycles. The molecule has 0 radical (unpaired) electrons. The zero-order valence-corrected chi connectivity index (χ0v) is 7.30. The Morgan fingerprint density at radius 1 is 1.43 bits per heavy atom. The Hall–Kier alpha value is -1.50. The van der Waals surface area contributed by atoms with Gasteiger partial charge in [0.05, 0.1) is 0 Å². The van der Waals surface area contributed by atoms with Gasteiger partial charge in [0.15, 0.2) is 0 Å². The van der Waals surface area contributed by atoms with E-state index in [0.717, 1.165) is 6.20 Å². The molecule has 74 valence electrons. The second kappa shape index (κ2) is 4.14. The molecule has 4 heteroatoms. The van der Waals surface area contributed by atoms with Gasteiger partial charge in [-0.15, -0.1) is 12.3 Å². The molecule has 0 amide bonds. The number of hydrogen-bond donors (Lipinski definition) is 0. The Balaban J connectivity index is 2.99. The smallest absolute Gasteiger partial charge is 0.252 e. The van der Waals surface area contributed by atoms with Gasteiger partial charge in [0, 0.05) is 12.6 Å². The summed E-state index contributed by atoms with van der Waals surface area (Å²) >= 11 is 0. The predicted molar refractivity (Wildman–Crippen MR) is 46.4 cm³/mol. The van der Waals surface area contributed by atoms with Gasteiger partial charge in [-0.2, -0.15) is 13.2 Å². The average Bonchev–Trinajstić information content (AvgIpc) is 2.14. The average molecular weight is 199 g/mol. The van der Waals surface area contributed by atoms with Crippen molar-refractivity contribution in [2.24, 2.45) is 0 Å². The number of terminal acetylenes is 1. The third kappa shape index (κ3) is 2.49. The fraction of sp³-hybridized carbons (Fsp3) is 0.300. The molecule has 0 unspecified atom stereocenters. The standard InChI is InChI=1S/C10H8F3N/c1-2-3-5-8-6-4-7-14-9(8)10(11,12)13/h1,4,6-7H,3,5H2. The molecule has 0 aliphatic heterocycles. The highest BCUT2D eigenvalue weighted by molar-refractivity contribution is 5.23. The first-order valence-corrected chi connectivity index (χ1v) is 4.00. The first-order chi connectivity index (χ1) is 6.55. The van der Waals surface area contributed by atoms with Crippen LogP contribution in [0.5, 0.6) is 0 Å². The van der Waals surface area contributed by atoms with Crippen LogP contribution in [0.25, 0.3) is 0 Å². The van der Waals surface area contributed by atoms with Crippen molar-refractivity contribution in [3.05, 3.63) is 29.6 Å². The van der Waals surface area contributed by atoms with Crippen LogP contribution in [0.1, 0.15) is 17.7 Å². The van der Waals surface area contributed by atoms with E-state index in [0.29, 0.717) is 0 Å². The van der Waals surface area contributed by atoms with Crippen LogP contribution in [0, 0.1) is 12.3 Å². The van der Waals surface area contributed by atoms with Gasteiger partial charge < -0.3 is 0 Å². The highest BCUT2D eigenvalue weighted by Crippen LogP contribution is 2.30. The lowest BCUT2D eigenvalue weighted by Gasteiger charge is -2.09. The monoisotopic (exact) mass is 199 g/mol. The van der Waals surface area contributed by atoms with Crippen LogP contribution in [0.3, 0.4) is 0 Å². The maximum atomic E-state index is 12.4. The summed E-state index contributed by atoms with van der Waals surface area (Å²) in [6.07, 6.45) is 2.21. The molecule has 0 aliphatic carbocycles. The Morgan fingerprint density at radius 3 is 2.71 bits per heavy atom. The topological polar surface area (TPSA) is 12.9 Å². The summed E-state index contributed by atoms with van der Waals surface area (Å²) in [5, 5.41) is 0. The van der Waals surface area contributed by atoms with Gasteiger partial charge in [-0.3, -0.25) is 4.98 Å². The highest BCUT2D eigenvalue weighted by atomic mass is 19.4. The third-order valence-corrected chi connectivity index (χ3v) is 1.70. The molecule has 1 nitrogen and oxygen atoms in total. The van der Waals surface area contributed by atoms with Gasteiger partial charge in [0.2, 0.25) is 0 Å². The van der Waals surface area contributed by atoms with Crippen molar-refractivity contribution < 1.29 is 13.2 Å². The number of halogens is 3. The van der Waals surface area contributed by atoms with E-state index in [9.17, 15) is 13.2 Å². The van der Waals surface area contributed by atoms with E-state index < -0.39 is 11.9 Å². The molecule has 1 aromatic rings. The zero-order valence-electron chi connectivity index (χ0n) is 7.30. The molecule has 0 saturated carbocycles. The van der Waals surface area contributed by atoms with Crippen LogP contribution in [-0.2, 0) is 12.6 Å². The van der Waals surface area contributed by atoms with E-state index in [-0.39, 0.29) is 18.4 Å². The molecule has 0 saturated heterocycles. The van der Waals surface area contributed by atoms with Gasteiger partial charge in [-0.05, 0) is 18.1 Å². The normalized spacial score (nSPS) is 11.0. The molecule has 0 N–H and O–H groups in total. The van der Waals surface area contributed by atoms with Crippen molar-refractivity contribution in [2.75, 3.05) is 0 Å². The minimum Gasteiger partial charge on any atom is -0.252 e. The Bertz CT molecular complexity index is 349. The second-order valence-electron chi connectivity index (χ2n) is 2.71. The van der Waals surface area contributed by atoms with E-state index in [4.69, 9.17) is 6.42 Å². The second-order valence-corrected chi connectivity index (χ2v) is 2.71. The number of pyridine rings is 1. The lowest BCUT2D eigenvalue weighted by Crippen LogP contribution is -2.11. The van der Waals surface area contributed by atoms with Crippen molar-refractivity contribution in [3.8, 4) is 12.3 Å². The van der Waals surface area contributed by atoms with Crippen molar-refractivity contribution in [3.63, 3.8) is 0 Å². The lowest BCUT2D eigenvalue weighted by atomic mass is 10.1. The first kappa shape index (κ1) is 10.6. The summed E-state index contributed by atoms with van der Waals surface area (Å²) in [6, 6.07) is 2.87. The van der Waals surface area contributed by atoms with Crippen LogP contribution in [0.15, 0.2) is 18.3 Å². The molecule has 0 atom stereocenters. The summed E-state index contributed by atoms with van der Waals surface area (Å²) in [7, 11) is 0. The third-order valence-electron chi connectivity index (χ3n) is 1.70. The van der Waals surface area contributed by atoms with Crippen LogP contribution >= 0.6 is 0 Å². The minimum atomic E-state index is -4.40. The minimum absolute atomic E-state index is 0.151. The largest absolute Gasteiger partial charge is 0.433 e. The van der Waals surface area contributed by atoms with Crippen LogP contribution in [0.4, 0.5) is 13.2 Å². The quantitative estimate of drug-likeness (QED) is 0.667. The van der Waals surface area contributed by atoms with Crippen LogP contribution in [0.2, 0.25) is 0 Å². The predicted octanol–water partition coefficient (Wildman–Crippen LogP) is 2.67. The van der Waals surface area contributed by atoms with E-state index in [1.165, 1.54) is 12.1 Å². The number of nitrogens with zero attached hydrogens (tertiary/aromatic N) is 1. The zero-order chi connectivity index (χ0) is 10.6. The number of rotatable bonds is 2. The molecule has 1 heterocycles. The highest BCUT2D eigenvalue weighted by Gasteiger charge is 2.34. The number of alkyl halides is 3. The summed E-state index contributed by atoms with van der Waals surface area (Å²) in [5.74, 6) is 2.30. The van der Waals surface area contributed by atoms with Crippen molar-refractivity contribution in [2.45, 2.75) is 19.0 Å². The Kier molecular flexibility index (Phi) is 3.13. The summed E-state index contributed by atoms with van der Waals surface area (Å²) in [5.41, 5.74) is -0.687. The van der Waals surface area contributed by atoms with E-state index in [2.05, 4.69) is 10.9 Å². The summed E-state index contributed by atoms with van der Waals surface area (Å²) < 4.78 is 37.1. The molecule has 0 bridgehead atoms. The Labute approximate surface area is 80.0 Å². The number of aryl methyl sites for hydroxylation is 1. The molecule has 1 rings (SSSR count). The SMILES string of the molecule is C#CCCc1cccnc1C(F)(F)F. The molecule has 0 aliphatic rings. The van der Waals surface area contributed by atoms with E-state index in [1.54, 1.807) is 0 Å². The van der Waals surface area contributed by atoms with Gasteiger partial charge in [0.1, 0.15) is 5.69 Å². The number of aromatic nitrogens is 1. The molecule has 0 fully saturated rings. The molecule has 1 aromatic heterocycles. The van der Waals surface area contributed by atoms with Gasteiger partial charge in [-0.1, -0.05) is 6.07 Å². The fourth-order valence-electron chi connectivity index (χ4n) is 1.10. The van der Waals surface area contributed by atoms with E-state index >= 15 is 0 Å². The van der Waals surface area contributed by atoms with Gasteiger partial charge >= 0.3 is 6.18 Å². The van der Waals surface area contributed by atoms with Gasteiger partial charge in [0.25, 0.3) is 0 Å². The first-order valence-electron chi connectivity index (χ1n) is 4.00. The van der Waals surface area contributed by atoms with Crippen molar-refractivity contribution in [1.29, 1.82) is 0 Å². The Morgan fingerprint density at radius 2 is 2.14 bits per heavy atom. The molecule has 0 spiro atoms. The molecular weight excluding hydrogens is 191 g/mol. The molecule has 14 heavy (non-hydrogen) atoms. The van der Waals surface area contributed by atoms with Crippen molar-refractivity contribution in [1.82, 2.24) is 4.98 Å². The fourth-order valence-corrected chi connectivity index (χ4v) is 1.10. The van der Waals surface area contributed by atoms with E-state index in [1.807, 2.05) is 0 Å². The maximum Gasteiger partial charge on any atom is 0.433 e. The van der Waals surface area contributed by atoms with Crippen LogP contribution in [-0.4, -0.2) is 4.98 Å². The van der Waals surface area contributed by atoms with Crippen LogP contribution < -0.4 is 0 Å². The lowest BCUT2D eigenvalue weighted by molar-refractivity contribution is -0.141. The maximum absolute atomic E-state index is 12.4.